The Bertz CT molecular complexity index is 1550. The predicted molar refractivity (Wildman–Crippen MR) is 158 cm³/mol. The molecule has 3 aromatic rings. The number of hydrogen-bond acceptors (Lipinski definition) is 10. The van der Waals surface area contributed by atoms with Crippen LogP contribution < -0.4 is 19.1 Å². The first-order chi connectivity index (χ1) is 20.2. The molecule has 0 saturated carbocycles. The van der Waals surface area contributed by atoms with Crippen LogP contribution in [0, 0.1) is 5.82 Å². The van der Waals surface area contributed by atoms with Crippen molar-refractivity contribution in [2.24, 2.45) is 0 Å². The number of methoxy groups -OCH3 is 2. The van der Waals surface area contributed by atoms with Gasteiger partial charge < -0.3 is 24.3 Å². The van der Waals surface area contributed by atoms with E-state index in [9.17, 15) is 8.42 Å². The summed E-state index contributed by atoms with van der Waals surface area (Å²) in [6, 6.07) is 7.35. The molecule has 6 rings (SSSR count). The summed E-state index contributed by atoms with van der Waals surface area (Å²) in [5, 5.41) is 5.22. The number of anilines is 2. The standard InChI is InChI=1S/C28H32ClFN4O6S2/c1-37-20-5-4-19(24(12-20)38-2)15-34(26-31-7-11-41-26)42(35,36)25-13-21(29)23(14-22(25)30)32-17-27-6-3-8-33(27)18-28(16-27)39-9-10-40-28/h4-5,7,11-14,32H,3,6,8-10,15-18H2,1-2H3/t27-/m1/s1. The first-order valence-corrected chi connectivity index (χ1v) is 16.3. The summed E-state index contributed by atoms with van der Waals surface area (Å²) in [5.41, 5.74) is 0.654. The number of hydrogen-bond donors (Lipinski definition) is 1. The zero-order chi connectivity index (χ0) is 29.5. The maximum Gasteiger partial charge on any atom is 0.269 e. The number of sulfonamides is 1. The summed E-state index contributed by atoms with van der Waals surface area (Å²) >= 11 is 7.72. The minimum Gasteiger partial charge on any atom is -0.497 e. The van der Waals surface area contributed by atoms with Crippen LogP contribution in [-0.2, 0) is 26.0 Å². The highest BCUT2D eigenvalue weighted by Gasteiger charge is 2.58. The average molecular weight is 639 g/mol. The van der Waals surface area contributed by atoms with Crippen LogP contribution in [0.3, 0.4) is 0 Å². The number of thiazole rings is 1. The van der Waals surface area contributed by atoms with Crippen molar-refractivity contribution in [1.29, 1.82) is 0 Å². The van der Waals surface area contributed by atoms with Crippen molar-refractivity contribution in [3.05, 3.63) is 58.3 Å². The molecule has 0 unspecified atom stereocenters. The highest BCUT2D eigenvalue weighted by Crippen LogP contribution is 2.47. The van der Waals surface area contributed by atoms with Crippen molar-refractivity contribution in [1.82, 2.24) is 9.88 Å². The molecule has 0 aliphatic carbocycles. The lowest BCUT2D eigenvalue weighted by Crippen LogP contribution is -2.44. The molecule has 3 fully saturated rings. The van der Waals surface area contributed by atoms with Gasteiger partial charge in [0, 0.05) is 41.7 Å². The molecule has 2 aromatic carbocycles. The number of nitrogens with zero attached hydrogens (tertiary/aromatic N) is 3. The van der Waals surface area contributed by atoms with Crippen molar-refractivity contribution >= 4 is 43.8 Å². The van der Waals surface area contributed by atoms with Crippen LogP contribution in [-0.4, -0.2) is 76.7 Å². The highest BCUT2D eigenvalue weighted by molar-refractivity contribution is 7.93. The van der Waals surface area contributed by atoms with Crippen molar-refractivity contribution in [3.63, 3.8) is 0 Å². The van der Waals surface area contributed by atoms with Crippen LogP contribution >= 0.6 is 22.9 Å². The molecule has 1 aromatic heterocycles. The van der Waals surface area contributed by atoms with Gasteiger partial charge in [0.05, 0.1) is 51.2 Å². The molecular formula is C28H32ClFN4O6S2. The Morgan fingerprint density at radius 2 is 2.02 bits per heavy atom. The van der Waals surface area contributed by atoms with Gasteiger partial charge in [-0.1, -0.05) is 11.6 Å². The summed E-state index contributed by atoms with van der Waals surface area (Å²) in [6.07, 6.45) is 4.18. The van der Waals surface area contributed by atoms with Crippen LogP contribution in [0.25, 0.3) is 0 Å². The van der Waals surface area contributed by atoms with Crippen LogP contribution in [0.5, 0.6) is 11.5 Å². The number of nitrogens with one attached hydrogen (secondary N) is 1. The third kappa shape index (κ3) is 5.31. The van der Waals surface area contributed by atoms with Crippen LogP contribution in [0.2, 0.25) is 5.02 Å². The lowest BCUT2D eigenvalue weighted by molar-refractivity contribution is -0.147. The molecule has 226 valence electrons. The zero-order valence-electron chi connectivity index (χ0n) is 23.3. The van der Waals surface area contributed by atoms with E-state index in [-0.39, 0.29) is 22.2 Å². The van der Waals surface area contributed by atoms with E-state index in [2.05, 4.69) is 15.2 Å². The van der Waals surface area contributed by atoms with Crippen LogP contribution in [0.4, 0.5) is 15.2 Å². The second kappa shape index (κ2) is 11.4. The quantitative estimate of drug-likeness (QED) is 0.337. The number of fused-ring (bicyclic) bond motifs is 1. The number of aromatic nitrogens is 1. The fourth-order valence-corrected chi connectivity index (χ4v) is 8.85. The number of ether oxygens (including phenoxy) is 4. The molecule has 4 heterocycles. The first-order valence-electron chi connectivity index (χ1n) is 13.6. The van der Waals surface area contributed by atoms with Gasteiger partial charge in [0.1, 0.15) is 22.2 Å². The van der Waals surface area contributed by atoms with Crippen molar-refractivity contribution < 1.29 is 31.8 Å². The van der Waals surface area contributed by atoms with E-state index in [1.165, 1.54) is 20.4 Å². The van der Waals surface area contributed by atoms with Gasteiger partial charge in [-0.05, 0) is 43.7 Å². The summed E-state index contributed by atoms with van der Waals surface area (Å²) in [5.74, 6) is -0.541. The highest BCUT2D eigenvalue weighted by atomic mass is 35.5. The van der Waals surface area contributed by atoms with Gasteiger partial charge in [0.15, 0.2) is 10.9 Å². The van der Waals surface area contributed by atoms with Gasteiger partial charge in [-0.15, -0.1) is 11.3 Å². The minimum atomic E-state index is -4.43. The van der Waals surface area contributed by atoms with E-state index in [1.807, 2.05) is 0 Å². The summed E-state index contributed by atoms with van der Waals surface area (Å²) in [6.45, 7) is 3.13. The fraction of sp³-hybridized carbons (Fsp3) is 0.464. The molecule has 42 heavy (non-hydrogen) atoms. The van der Waals surface area contributed by atoms with Gasteiger partial charge in [-0.2, -0.15) is 0 Å². The van der Waals surface area contributed by atoms with E-state index in [0.29, 0.717) is 55.5 Å². The zero-order valence-corrected chi connectivity index (χ0v) is 25.7. The molecule has 0 bridgehead atoms. The molecule has 3 aliphatic heterocycles. The fourth-order valence-electron chi connectivity index (χ4n) is 6.21. The largest absolute Gasteiger partial charge is 0.497 e. The Balaban J connectivity index is 1.27. The molecule has 1 spiro atoms. The number of halogens is 2. The maximum absolute atomic E-state index is 15.7. The van der Waals surface area contributed by atoms with Crippen LogP contribution in [0.15, 0.2) is 46.8 Å². The van der Waals surface area contributed by atoms with E-state index < -0.39 is 26.5 Å². The summed E-state index contributed by atoms with van der Waals surface area (Å²) in [7, 11) is -1.42. The minimum absolute atomic E-state index is 0.0955. The molecule has 3 saturated heterocycles. The Hall–Kier alpha value is -2.68. The second-order valence-electron chi connectivity index (χ2n) is 10.7. The molecule has 0 radical (unpaired) electrons. The smallest absolute Gasteiger partial charge is 0.269 e. The monoisotopic (exact) mass is 638 g/mol. The average Bonchev–Trinajstić information content (AvgIpc) is 3.78. The topological polar surface area (TPSA) is 102 Å². The van der Waals surface area contributed by atoms with Gasteiger partial charge in [-0.25, -0.2) is 22.1 Å². The predicted octanol–water partition coefficient (Wildman–Crippen LogP) is 4.74. The third-order valence-electron chi connectivity index (χ3n) is 8.22. The third-order valence-corrected chi connectivity index (χ3v) is 11.2. The van der Waals surface area contributed by atoms with Crippen molar-refractivity contribution in [2.45, 2.75) is 42.0 Å². The van der Waals surface area contributed by atoms with E-state index >= 15 is 4.39 Å². The van der Waals surface area contributed by atoms with Gasteiger partial charge >= 0.3 is 0 Å². The Morgan fingerprint density at radius 1 is 1.21 bits per heavy atom. The summed E-state index contributed by atoms with van der Waals surface area (Å²) < 4.78 is 67.4. The van der Waals surface area contributed by atoms with Crippen LogP contribution in [0.1, 0.15) is 24.8 Å². The normalized spacial score (nSPS) is 21.5. The second-order valence-corrected chi connectivity index (χ2v) is 13.8. The number of benzene rings is 2. The van der Waals surface area contributed by atoms with Crippen molar-refractivity contribution in [2.75, 3.05) is 56.7 Å². The van der Waals surface area contributed by atoms with Gasteiger partial charge in [0.25, 0.3) is 10.0 Å². The SMILES string of the molecule is COc1ccc(CN(c2nccs2)S(=O)(=O)c2cc(Cl)c(NC[C@]34CCCN3CC3(C4)OCCO3)cc2F)c(OC)c1. The number of rotatable bonds is 10. The molecule has 1 N–H and O–H groups in total. The molecular weight excluding hydrogens is 607 g/mol. The molecule has 3 aliphatic rings. The summed E-state index contributed by atoms with van der Waals surface area (Å²) in [4.78, 5) is 6.03. The molecule has 0 amide bonds. The first kappa shape index (κ1) is 29.4. The van der Waals surface area contributed by atoms with Gasteiger partial charge in [0.2, 0.25) is 0 Å². The Kier molecular flexibility index (Phi) is 8.00. The van der Waals surface area contributed by atoms with E-state index in [0.717, 1.165) is 47.2 Å². The lowest BCUT2D eigenvalue weighted by Gasteiger charge is -2.32. The lowest BCUT2D eigenvalue weighted by atomic mass is 9.92. The molecule has 1 atom stereocenters. The van der Waals surface area contributed by atoms with Gasteiger partial charge in [-0.3, -0.25) is 4.90 Å². The van der Waals surface area contributed by atoms with Crippen molar-refractivity contribution in [3.8, 4) is 11.5 Å². The maximum atomic E-state index is 15.7. The van der Waals surface area contributed by atoms with E-state index in [1.54, 1.807) is 23.6 Å². The van der Waals surface area contributed by atoms with E-state index in [4.69, 9.17) is 30.5 Å². The molecule has 10 nitrogen and oxygen atoms in total. The molecule has 14 heteroatoms. The Morgan fingerprint density at radius 3 is 2.74 bits per heavy atom. The Labute approximate surface area is 253 Å².